The Hall–Kier alpha value is -1.72. The number of carbonyl (C=O) groups excluding carboxylic acids is 1. The molecule has 1 N–H and O–H groups in total. The first-order valence-electron chi connectivity index (χ1n) is 6.01. The van der Waals surface area contributed by atoms with Crippen molar-refractivity contribution in [2.75, 3.05) is 0 Å². The SMILES string of the molecule is C[C@@H]1Cn2ncc(O)c2CN1C(=O)OC(C)(C)C. The number of aromatic hydroxyl groups is 1. The van der Waals surface area contributed by atoms with Crippen molar-refractivity contribution in [1.82, 2.24) is 14.7 Å². The van der Waals surface area contributed by atoms with E-state index in [1.807, 2.05) is 27.7 Å². The summed E-state index contributed by atoms with van der Waals surface area (Å²) < 4.78 is 7.08. The molecule has 0 spiro atoms. The summed E-state index contributed by atoms with van der Waals surface area (Å²) in [6.45, 7) is 8.33. The molecule has 18 heavy (non-hydrogen) atoms. The van der Waals surface area contributed by atoms with Crippen LogP contribution in [0.25, 0.3) is 0 Å². The zero-order valence-electron chi connectivity index (χ0n) is 11.2. The fourth-order valence-electron chi connectivity index (χ4n) is 1.95. The standard InChI is InChI=1S/C12H19N3O3/c1-8-6-15-9(10(16)5-13-15)7-14(8)11(17)18-12(2,3)4/h5,8,16H,6-7H2,1-4H3/t8-/m1/s1. The number of nitrogens with zero attached hydrogens (tertiary/aromatic N) is 3. The van der Waals surface area contributed by atoms with Gasteiger partial charge >= 0.3 is 6.09 Å². The third-order valence-electron chi connectivity index (χ3n) is 2.84. The molecule has 0 aliphatic carbocycles. The maximum Gasteiger partial charge on any atom is 0.410 e. The highest BCUT2D eigenvalue weighted by molar-refractivity contribution is 5.68. The molecule has 0 unspecified atom stereocenters. The molecule has 0 saturated carbocycles. The molecule has 2 heterocycles. The minimum Gasteiger partial charge on any atom is -0.504 e. The van der Waals surface area contributed by atoms with E-state index in [2.05, 4.69) is 5.10 Å². The monoisotopic (exact) mass is 253 g/mol. The van der Waals surface area contributed by atoms with Crippen molar-refractivity contribution in [1.29, 1.82) is 0 Å². The molecule has 0 fully saturated rings. The average Bonchev–Trinajstić information content (AvgIpc) is 2.56. The molecular weight excluding hydrogens is 234 g/mol. The minimum atomic E-state index is -0.517. The quantitative estimate of drug-likeness (QED) is 0.764. The zero-order chi connectivity index (χ0) is 13.5. The van der Waals surface area contributed by atoms with Crippen LogP contribution in [0.2, 0.25) is 0 Å². The molecule has 1 aliphatic heterocycles. The lowest BCUT2D eigenvalue weighted by molar-refractivity contribution is 0.00888. The summed E-state index contributed by atoms with van der Waals surface area (Å²) >= 11 is 0. The second-order valence-corrected chi connectivity index (χ2v) is 5.62. The van der Waals surface area contributed by atoms with E-state index in [0.717, 1.165) is 0 Å². The Morgan fingerprint density at radius 3 is 2.83 bits per heavy atom. The van der Waals surface area contributed by atoms with Gasteiger partial charge in [-0.05, 0) is 27.7 Å². The summed E-state index contributed by atoms with van der Waals surface area (Å²) in [5.74, 6) is 0.121. The van der Waals surface area contributed by atoms with Gasteiger partial charge in [0.15, 0.2) is 5.75 Å². The fraction of sp³-hybridized carbons (Fsp3) is 0.667. The molecule has 0 saturated heterocycles. The molecule has 6 heteroatoms. The Labute approximate surface area is 106 Å². The van der Waals surface area contributed by atoms with E-state index in [4.69, 9.17) is 4.74 Å². The van der Waals surface area contributed by atoms with E-state index in [1.165, 1.54) is 6.20 Å². The third kappa shape index (κ3) is 2.42. The molecule has 0 bridgehead atoms. The van der Waals surface area contributed by atoms with E-state index >= 15 is 0 Å². The predicted molar refractivity (Wildman–Crippen MR) is 65.1 cm³/mol. The summed E-state index contributed by atoms with van der Waals surface area (Å²) in [4.78, 5) is 13.7. The Balaban J connectivity index is 2.16. The topological polar surface area (TPSA) is 67.6 Å². The van der Waals surface area contributed by atoms with Crippen LogP contribution >= 0.6 is 0 Å². The second kappa shape index (κ2) is 4.19. The molecule has 1 aromatic heterocycles. The number of hydrogen-bond acceptors (Lipinski definition) is 4. The molecule has 1 atom stereocenters. The Morgan fingerprint density at radius 2 is 2.22 bits per heavy atom. The average molecular weight is 253 g/mol. The van der Waals surface area contributed by atoms with Gasteiger partial charge in [0.25, 0.3) is 0 Å². The zero-order valence-corrected chi connectivity index (χ0v) is 11.2. The van der Waals surface area contributed by atoms with Crippen molar-refractivity contribution in [2.24, 2.45) is 0 Å². The van der Waals surface area contributed by atoms with Crippen LogP contribution in [0.4, 0.5) is 4.79 Å². The highest BCUT2D eigenvalue weighted by Gasteiger charge is 2.32. The molecule has 0 radical (unpaired) electrons. The van der Waals surface area contributed by atoms with Crippen molar-refractivity contribution in [3.63, 3.8) is 0 Å². The Kier molecular flexibility index (Phi) is 2.96. The number of fused-ring (bicyclic) bond motifs is 1. The third-order valence-corrected chi connectivity index (χ3v) is 2.84. The molecular formula is C12H19N3O3. The van der Waals surface area contributed by atoms with Gasteiger partial charge in [0.05, 0.1) is 31.0 Å². The Bertz CT molecular complexity index is 462. The summed E-state index contributed by atoms with van der Waals surface area (Å²) in [6.07, 6.45) is 1.04. The molecule has 6 nitrogen and oxygen atoms in total. The number of aromatic nitrogens is 2. The van der Waals surface area contributed by atoms with Crippen molar-refractivity contribution in [3.05, 3.63) is 11.9 Å². The van der Waals surface area contributed by atoms with Crippen molar-refractivity contribution >= 4 is 6.09 Å². The van der Waals surface area contributed by atoms with Crippen molar-refractivity contribution < 1.29 is 14.6 Å². The van der Waals surface area contributed by atoms with Gasteiger partial charge in [-0.3, -0.25) is 9.58 Å². The highest BCUT2D eigenvalue weighted by atomic mass is 16.6. The molecule has 1 amide bonds. The fourth-order valence-corrected chi connectivity index (χ4v) is 1.95. The van der Waals surface area contributed by atoms with Crippen LogP contribution in [-0.4, -0.2) is 37.5 Å². The van der Waals surface area contributed by atoms with Crippen LogP contribution in [0.15, 0.2) is 6.20 Å². The van der Waals surface area contributed by atoms with Crippen molar-refractivity contribution in [2.45, 2.75) is 52.4 Å². The van der Waals surface area contributed by atoms with E-state index in [-0.39, 0.29) is 17.9 Å². The minimum absolute atomic E-state index is 0.00773. The van der Waals surface area contributed by atoms with Crippen LogP contribution in [0.1, 0.15) is 33.4 Å². The van der Waals surface area contributed by atoms with Gasteiger partial charge in [-0.25, -0.2) is 4.79 Å². The number of rotatable bonds is 0. The molecule has 2 rings (SSSR count). The molecule has 100 valence electrons. The van der Waals surface area contributed by atoms with Gasteiger partial charge in [-0.1, -0.05) is 0 Å². The Morgan fingerprint density at radius 1 is 1.56 bits per heavy atom. The van der Waals surface area contributed by atoms with Crippen LogP contribution in [-0.2, 0) is 17.8 Å². The second-order valence-electron chi connectivity index (χ2n) is 5.62. The van der Waals surface area contributed by atoms with Gasteiger partial charge in [0.1, 0.15) is 5.60 Å². The number of hydrogen-bond donors (Lipinski definition) is 1. The maximum atomic E-state index is 12.1. The lowest BCUT2D eigenvalue weighted by Gasteiger charge is -2.35. The summed E-state index contributed by atoms with van der Waals surface area (Å²) in [6, 6.07) is -0.00773. The summed E-state index contributed by atoms with van der Waals surface area (Å²) in [5.41, 5.74) is 0.134. The van der Waals surface area contributed by atoms with E-state index in [0.29, 0.717) is 18.8 Å². The van der Waals surface area contributed by atoms with Gasteiger partial charge in [0.2, 0.25) is 0 Å². The lowest BCUT2D eigenvalue weighted by atomic mass is 10.2. The number of carbonyl (C=O) groups is 1. The summed E-state index contributed by atoms with van der Waals surface area (Å²) in [5, 5.41) is 13.7. The lowest BCUT2D eigenvalue weighted by Crippen LogP contribution is -2.46. The number of ether oxygens (including phenoxy) is 1. The maximum absolute atomic E-state index is 12.1. The first kappa shape index (κ1) is 12.7. The van der Waals surface area contributed by atoms with E-state index < -0.39 is 5.60 Å². The van der Waals surface area contributed by atoms with E-state index in [9.17, 15) is 9.90 Å². The van der Waals surface area contributed by atoms with Crippen LogP contribution in [0.3, 0.4) is 0 Å². The van der Waals surface area contributed by atoms with Gasteiger partial charge in [0, 0.05) is 0 Å². The number of amides is 1. The van der Waals surface area contributed by atoms with Crippen molar-refractivity contribution in [3.8, 4) is 5.75 Å². The molecule has 1 aromatic rings. The van der Waals surface area contributed by atoms with Crippen LogP contribution in [0.5, 0.6) is 5.75 Å². The first-order valence-corrected chi connectivity index (χ1v) is 6.01. The molecule has 1 aliphatic rings. The predicted octanol–water partition coefficient (Wildman–Crippen LogP) is 1.73. The summed E-state index contributed by atoms with van der Waals surface area (Å²) in [7, 11) is 0. The van der Waals surface area contributed by atoms with Crippen LogP contribution in [0, 0.1) is 0 Å². The smallest absolute Gasteiger partial charge is 0.410 e. The molecule has 0 aromatic carbocycles. The highest BCUT2D eigenvalue weighted by Crippen LogP contribution is 2.25. The van der Waals surface area contributed by atoms with Gasteiger partial charge < -0.3 is 9.84 Å². The van der Waals surface area contributed by atoms with Gasteiger partial charge in [-0.2, -0.15) is 5.10 Å². The van der Waals surface area contributed by atoms with Gasteiger partial charge in [-0.15, -0.1) is 0 Å². The normalized spacial score (nSPS) is 19.6. The van der Waals surface area contributed by atoms with E-state index in [1.54, 1.807) is 9.58 Å². The largest absolute Gasteiger partial charge is 0.504 e. The first-order chi connectivity index (χ1) is 8.28. The van der Waals surface area contributed by atoms with Crippen LogP contribution < -0.4 is 0 Å².